The van der Waals surface area contributed by atoms with E-state index in [4.69, 9.17) is 4.74 Å². The predicted molar refractivity (Wildman–Crippen MR) is 60.9 cm³/mol. The summed E-state index contributed by atoms with van der Waals surface area (Å²) in [6.45, 7) is 0.451. The molecule has 94 valence electrons. The normalized spacial score (nSPS) is 12.2. The van der Waals surface area contributed by atoms with Crippen LogP contribution in [0.1, 0.15) is 18.1 Å². The number of aliphatic hydroxyl groups is 1. The van der Waals surface area contributed by atoms with Crippen molar-refractivity contribution in [2.75, 3.05) is 20.3 Å². The summed E-state index contributed by atoms with van der Waals surface area (Å²) in [6.07, 6.45) is -0.575. The number of nitrogens with one attached hydrogen (secondary N) is 1. The highest BCUT2D eigenvalue weighted by Gasteiger charge is 2.09. The fourth-order valence-electron chi connectivity index (χ4n) is 1.30. The average molecular weight is 241 g/mol. The fraction of sp³-hybridized carbons (Fsp3) is 0.417. The van der Waals surface area contributed by atoms with Gasteiger partial charge in [0.2, 0.25) is 5.91 Å². The summed E-state index contributed by atoms with van der Waals surface area (Å²) in [5, 5.41) is 12.3. The van der Waals surface area contributed by atoms with Gasteiger partial charge in [0.1, 0.15) is 5.82 Å². The lowest BCUT2D eigenvalue weighted by Gasteiger charge is -2.12. The van der Waals surface area contributed by atoms with Gasteiger partial charge in [0.05, 0.1) is 12.7 Å². The van der Waals surface area contributed by atoms with Gasteiger partial charge in [-0.15, -0.1) is 0 Å². The van der Waals surface area contributed by atoms with E-state index in [0.29, 0.717) is 12.2 Å². The Kier molecular flexibility index (Phi) is 5.59. The van der Waals surface area contributed by atoms with E-state index in [1.165, 1.54) is 31.4 Å². The van der Waals surface area contributed by atoms with Crippen LogP contribution < -0.4 is 5.32 Å². The molecule has 0 aliphatic heterocycles. The number of amides is 1. The van der Waals surface area contributed by atoms with Crippen LogP contribution in [0.4, 0.5) is 4.39 Å². The number of benzene rings is 1. The van der Waals surface area contributed by atoms with E-state index in [0.717, 1.165) is 0 Å². The van der Waals surface area contributed by atoms with E-state index in [-0.39, 0.29) is 24.7 Å². The Morgan fingerprint density at radius 2 is 2.12 bits per heavy atom. The lowest BCUT2D eigenvalue weighted by Crippen LogP contribution is -2.28. The molecule has 0 bridgehead atoms. The molecule has 1 aromatic carbocycles. The SMILES string of the molecule is COCCC(=O)NCC(O)c1ccc(F)cc1. The van der Waals surface area contributed by atoms with Gasteiger partial charge in [-0.3, -0.25) is 4.79 Å². The molecule has 17 heavy (non-hydrogen) atoms. The van der Waals surface area contributed by atoms with Crippen molar-refractivity contribution in [2.45, 2.75) is 12.5 Å². The number of methoxy groups -OCH3 is 1. The summed E-state index contributed by atoms with van der Waals surface area (Å²) in [4.78, 5) is 11.2. The summed E-state index contributed by atoms with van der Waals surface area (Å²) in [5.41, 5.74) is 0.568. The van der Waals surface area contributed by atoms with Gasteiger partial charge in [-0.05, 0) is 17.7 Å². The standard InChI is InChI=1S/C12H16FNO3/c1-17-7-6-12(16)14-8-11(15)9-2-4-10(13)5-3-9/h2-5,11,15H,6-8H2,1H3,(H,14,16). The van der Waals surface area contributed by atoms with E-state index in [9.17, 15) is 14.3 Å². The first-order chi connectivity index (χ1) is 8.13. The van der Waals surface area contributed by atoms with Crippen LogP contribution in [0, 0.1) is 5.82 Å². The summed E-state index contributed by atoms with van der Waals surface area (Å²) in [5.74, 6) is -0.543. The zero-order valence-electron chi connectivity index (χ0n) is 9.65. The number of carbonyl (C=O) groups is 1. The number of ether oxygens (including phenoxy) is 1. The Morgan fingerprint density at radius 1 is 1.47 bits per heavy atom. The highest BCUT2D eigenvalue weighted by atomic mass is 19.1. The highest BCUT2D eigenvalue weighted by Crippen LogP contribution is 2.12. The third-order valence-corrected chi connectivity index (χ3v) is 2.28. The molecule has 0 aromatic heterocycles. The fourth-order valence-corrected chi connectivity index (χ4v) is 1.30. The molecule has 0 saturated heterocycles. The van der Waals surface area contributed by atoms with Crippen LogP contribution in [0.15, 0.2) is 24.3 Å². The van der Waals surface area contributed by atoms with E-state index >= 15 is 0 Å². The maximum absolute atomic E-state index is 12.6. The Labute approximate surface area is 99.4 Å². The van der Waals surface area contributed by atoms with E-state index in [2.05, 4.69) is 5.32 Å². The molecule has 5 heteroatoms. The van der Waals surface area contributed by atoms with Crippen LogP contribution in [0.3, 0.4) is 0 Å². The van der Waals surface area contributed by atoms with Crippen molar-refractivity contribution in [2.24, 2.45) is 0 Å². The summed E-state index contributed by atoms with van der Waals surface area (Å²) >= 11 is 0. The number of rotatable bonds is 6. The van der Waals surface area contributed by atoms with Gasteiger partial charge >= 0.3 is 0 Å². The molecule has 0 spiro atoms. The Bertz CT molecular complexity index is 353. The number of hydrogen-bond donors (Lipinski definition) is 2. The number of halogens is 1. The summed E-state index contributed by atoms with van der Waals surface area (Å²) in [7, 11) is 1.51. The van der Waals surface area contributed by atoms with Gasteiger partial charge in [0.25, 0.3) is 0 Å². The van der Waals surface area contributed by atoms with E-state index in [1.807, 2.05) is 0 Å². The molecule has 1 atom stereocenters. The van der Waals surface area contributed by atoms with Crippen molar-refractivity contribution in [3.05, 3.63) is 35.6 Å². The first kappa shape index (κ1) is 13.6. The maximum Gasteiger partial charge on any atom is 0.222 e. The highest BCUT2D eigenvalue weighted by molar-refractivity contribution is 5.75. The number of hydrogen-bond acceptors (Lipinski definition) is 3. The van der Waals surface area contributed by atoms with Crippen molar-refractivity contribution >= 4 is 5.91 Å². The average Bonchev–Trinajstić information content (AvgIpc) is 2.34. The van der Waals surface area contributed by atoms with Crippen LogP contribution in [0.2, 0.25) is 0 Å². The van der Waals surface area contributed by atoms with Crippen molar-refractivity contribution in [3.8, 4) is 0 Å². The third kappa shape index (κ3) is 4.93. The number of carbonyl (C=O) groups excluding carboxylic acids is 1. The molecule has 0 fully saturated rings. The molecule has 0 radical (unpaired) electrons. The largest absolute Gasteiger partial charge is 0.387 e. The van der Waals surface area contributed by atoms with Crippen LogP contribution in [-0.2, 0) is 9.53 Å². The molecule has 0 aliphatic rings. The Hall–Kier alpha value is -1.46. The molecule has 1 rings (SSSR count). The molecule has 0 heterocycles. The molecule has 1 unspecified atom stereocenters. The first-order valence-corrected chi connectivity index (χ1v) is 5.32. The molecular weight excluding hydrogens is 225 g/mol. The lowest BCUT2D eigenvalue weighted by molar-refractivity contribution is -0.122. The molecule has 0 aliphatic carbocycles. The van der Waals surface area contributed by atoms with Gasteiger partial charge < -0.3 is 15.2 Å². The molecule has 1 aromatic rings. The lowest BCUT2D eigenvalue weighted by atomic mass is 10.1. The van der Waals surface area contributed by atoms with Crippen LogP contribution >= 0.6 is 0 Å². The Balaban J connectivity index is 2.36. The monoisotopic (exact) mass is 241 g/mol. The van der Waals surface area contributed by atoms with Gasteiger partial charge in [-0.1, -0.05) is 12.1 Å². The Morgan fingerprint density at radius 3 is 2.71 bits per heavy atom. The minimum Gasteiger partial charge on any atom is -0.387 e. The molecule has 2 N–H and O–H groups in total. The predicted octanol–water partition coefficient (Wildman–Crippen LogP) is 1.01. The van der Waals surface area contributed by atoms with Crippen molar-refractivity contribution in [1.29, 1.82) is 0 Å². The second kappa shape index (κ2) is 6.98. The zero-order chi connectivity index (χ0) is 12.7. The number of aliphatic hydroxyl groups excluding tert-OH is 1. The molecular formula is C12H16FNO3. The van der Waals surface area contributed by atoms with E-state index < -0.39 is 6.10 Å². The quantitative estimate of drug-likeness (QED) is 0.781. The second-order valence-electron chi connectivity index (χ2n) is 3.61. The molecule has 1 amide bonds. The van der Waals surface area contributed by atoms with Crippen LogP contribution in [0.25, 0.3) is 0 Å². The third-order valence-electron chi connectivity index (χ3n) is 2.28. The minimum absolute atomic E-state index is 0.105. The maximum atomic E-state index is 12.6. The summed E-state index contributed by atoms with van der Waals surface area (Å²) in [6, 6.07) is 5.51. The topological polar surface area (TPSA) is 58.6 Å². The minimum atomic E-state index is -0.831. The van der Waals surface area contributed by atoms with Crippen molar-refractivity contribution < 1.29 is 19.0 Å². The van der Waals surface area contributed by atoms with Gasteiger partial charge in [0.15, 0.2) is 0 Å². The van der Waals surface area contributed by atoms with Crippen molar-refractivity contribution in [1.82, 2.24) is 5.32 Å². The molecule has 4 nitrogen and oxygen atoms in total. The smallest absolute Gasteiger partial charge is 0.222 e. The van der Waals surface area contributed by atoms with Gasteiger partial charge in [-0.25, -0.2) is 4.39 Å². The molecule has 0 saturated carbocycles. The van der Waals surface area contributed by atoms with Crippen LogP contribution in [-0.4, -0.2) is 31.3 Å². The first-order valence-electron chi connectivity index (χ1n) is 5.32. The van der Waals surface area contributed by atoms with Crippen LogP contribution in [0.5, 0.6) is 0 Å². The van der Waals surface area contributed by atoms with Gasteiger partial charge in [-0.2, -0.15) is 0 Å². The second-order valence-corrected chi connectivity index (χ2v) is 3.61. The van der Waals surface area contributed by atoms with Crippen molar-refractivity contribution in [3.63, 3.8) is 0 Å². The summed E-state index contributed by atoms with van der Waals surface area (Å²) < 4.78 is 17.4. The van der Waals surface area contributed by atoms with Gasteiger partial charge in [0, 0.05) is 20.1 Å². The zero-order valence-corrected chi connectivity index (χ0v) is 9.65. The van der Waals surface area contributed by atoms with E-state index in [1.54, 1.807) is 0 Å².